The fourth-order valence-corrected chi connectivity index (χ4v) is 3.50. The maximum Gasteiger partial charge on any atom is 0.333 e. The Kier molecular flexibility index (Phi) is 3.77. The molecule has 0 saturated heterocycles. The predicted molar refractivity (Wildman–Crippen MR) is 103 cm³/mol. The third-order valence-corrected chi connectivity index (χ3v) is 5.09. The average molecular weight is 372 g/mol. The van der Waals surface area contributed by atoms with Crippen LogP contribution in [0.2, 0.25) is 5.02 Å². The number of hydrogen-bond acceptors (Lipinski definition) is 4. The Morgan fingerprint density at radius 2 is 1.92 bits per heavy atom. The van der Waals surface area contributed by atoms with Gasteiger partial charge in [0, 0.05) is 30.8 Å². The average Bonchev–Trinajstić information content (AvgIpc) is 3.20. The van der Waals surface area contributed by atoms with Crippen molar-refractivity contribution in [2.24, 2.45) is 7.05 Å². The number of nitrogens with zero attached hydrogens (tertiary/aromatic N) is 5. The second-order valence-electron chi connectivity index (χ2n) is 6.36. The van der Waals surface area contributed by atoms with E-state index in [2.05, 4.69) is 11.6 Å². The maximum atomic E-state index is 13.0. The smallest absolute Gasteiger partial charge is 0.310 e. The number of halogens is 1. The molecule has 3 aromatic rings. The van der Waals surface area contributed by atoms with Gasteiger partial charge in [-0.15, -0.1) is 6.58 Å². The summed E-state index contributed by atoms with van der Waals surface area (Å²) in [4.78, 5) is 32.3. The van der Waals surface area contributed by atoms with E-state index in [1.807, 2.05) is 33.7 Å². The van der Waals surface area contributed by atoms with Gasteiger partial charge in [0.1, 0.15) is 0 Å². The van der Waals surface area contributed by atoms with Crippen molar-refractivity contribution in [3.8, 4) is 0 Å². The van der Waals surface area contributed by atoms with E-state index >= 15 is 0 Å². The number of aryl methyl sites for hydroxylation is 1. The van der Waals surface area contributed by atoms with Gasteiger partial charge in [-0.05, 0) is 31.2 Å². The summed E-state index contributed by atoms with van der Waals surface area (Å²) in [6.07, 6.45) is 1.58. The van der Waals surface area contributed by atoms with Crippen molar-refractivity contribution in [3.63, 3.8) is 0 Å². The molecule has 0 radical (unpaired) electrons. The number of allylic oxidation sites excluding steroid dienone is 1. The Hall–Kier alpha value is -2.80. The zero-order chi connectivity index (χ0) is 18.6. The number of anilines is 2. The highest BCUT2D eigenvalue weighted by atomic mass is 35.5. The van der Waals surface area contributed by atoms with Crippen LogP contribution in [0.1, 0.15) is 13.0 Å². The van der Waals surface area contributed by atoms with Crippen molar-refractivity contribution in [3.05, 3.63) is 62.8 Å². The summed E-state index contributed by atoms with van der Waals surface area (Å²) in [7, 11) is 1.63. The molecule has 1 aliphatic heterocycles. The standard InChI is InChI=1S/C18H18ClN5O2/c1-4-11(2)24-16(25)14-15(21(3)18(24)26)20-17-22(9-10-23(14)17)13-7-5-12(19)6-8-13/h4-8,11H,1,9-10H2,2-3H3. The Balaban J connectivity index is 1.98. The summed E-state index contributed by atoms with van der Waals surface area (Å²) in [6, 6.07) is 7.06. The number of fused-ring (bicyclic) bond motifs is 3. The number of rotatable bonds is 3. The molecule has 26 heavy (non-hydrogen) atoms. The summed E-state index contributed by atoms with van der Waals surface area (Å²) in [5.41, 5.74) is 1.03. The lowest BCUT2D eigenvalue weighted by Crippen LogP contribution is -2.40. The Bertz CT molecular complexity index is 1140. The first-order valence-electron chi connectivity index (χ1n) is 8.31. The molecule has 8 heteroatoms. The van der Waals surface area contributed by atoms with Gasteiger partial charge in [-0.25, -0.2) is 4.79 Å². The molecule has 134 valence electrons. The molecule has 4 rings (SSSR count). The lowest BCUT2D eigenvalue weighted by molar-refractivity contribution is 0.572. The maximum absolute atomic E-state index is 13.0. The topological polar surface area (TPSA) is 65.1 Å². The van der Waals surface area contributed by atoms with Crippen LogP contribution in [0.25, 0.3) is 11.2 Å². The Morgan fingerprint density at radius 1 is 1.23 bits per heavy atom. The molecular formula is C18H18ClN5O2. The second kappa shape index (κ2) is 5.88. The molecule has 0 amide bonds. The SMILES string of the molecule is C=CC(C)n1c(=O)c2c(nc3n2CCN3c2ccc(Cl)cc2)n(C)c1=O. The minimum absolute atomic E-state index is 0.341. The van der Waals surface area contributed by atoms with Crippen molar-refractivity contribution in [1.82, 2.24) is 18.7 Å². The summed E-state index contributed by atoms with van der Waals surface area (Å²) in [5.74, 6) is 0.651. The molecule has 7 nitrogen and oxygen atoms in total. The highest BCUT2D eigenvalue weighted by molar-refractivity contribution is 6.30. The Labute approximate surface area is 154 Å². The lowest BCUT2D eigenvalue weighted by atomic mass is 10.3. The lowest BCUT2D eigenvalue weighted by Gasteiger charge is -2.15. The number of aromatic nitrogens is 4. The van der Waals surface area contributed by atoms with Gasteiger partial charge in [0.15, 0.2) is 11.2 Å². The number of hydrogen-bond donors (Lipinski definition) is 0. The third kappa shape index (κ3) is 2.24. The van der Waals surface area contributed by atoms with Gasteiger partial charge in [0.05, 0.1) is 6.04 Å². The highest BCUT2D eigenvalue weighted by Crippen LogP contribution is 2.32. The van der Waals surface area contributed by atoms with Crippen LogP contribution in [0.5, 0.6) is 0 Å². The first-order valence-corrected chi connectivity index (χ1v) is 8.69. The first kappa shape index (κ1) is 16.7. The first-order chi connectivity index (χ1) is 12.4. The van der Waals surface area contributed by atoms with Gasteiger partial charge in [0.25, 0.3) is 5.56 Å². The van der Waals surface area contributed by atoms with Crippen molar-refractivity contribution >= 4 is 34.4 Å². The minimum atomic E-state index is -0.398. The number of imidazole rings is 1. The predicted octanol–water partition coefficient (Wildman–Crippen LogP) is 2.45. The molecule has 1 aromatic carbocycles. The largest absolute Gasteiger partial charge is 0.333 e. The van der Waals surface area contributed by atoms with E-state index in [1.54, 1.807) is 20.0 Å². The van der Waals surface area contributed by atoms with Crippen molar-refractivity contribution in [2.75, 3.05) is 11.4 Å². The summed E-state index contributed by atoms with van der Waals surface area (Å²) in [5, 5.41) is 0.658. The van der Waals surface area contributed by atoms with Crippen LogP contribution < -0.4 is 16.1 Å². The molecule has 0 aliphatic carbocycles. The van der Waals surface area contributed by atoms with Crippen LogP contribution in [0.4, 0.5) is 11.6 Å². The molecule has 0 N–H and O–H groups in total. The van der Waals surface area contributed by atoms with E-state index in [0.29, 0.717) is 35.2 Å². The fourth-order valence-electron chi connectivity index (χ4n) is 3.37. The quantitative estimate of drug-likeness (QED) is 0.663. The van der Waals surface area contributed by atoms with Crippen molar-refractivity contribution in [2.45, 2.75) is 19.5 Å². The van der Waals surface area contributed by atoms with Crippen LogP contribution in [0.3, 0.4) is 0 Å². The zero-order valence-electron chi connectivity index (χ0n) is 14.5. The Morgan fingerprint density at radius 3 is 2.58 bits per heavy atom. The molecule has 0 fully saturated rings. The number of benzene rings is 1. The second-order valence-corrected chi connectivity index (χ2v) is 6.79. The fraction of sp³-hybridized carbons (Fsp3) is 0.278. The van der Waals surface area contributed by atoms with Gasteiger partial charge in [-0.2, -0.15) is 4.98 Å². The zero-order valence-corrected chi connectivity index (χ0v) is 15.3. The monoisotopic (exact) mass is 371 g/mol. The molecule has 1 atom stereocenters. The van der Waals surface area contributed by atoms with Crippen molar-refractivity contribution < 1.29 is 0 Å². The third-order valence-electron chi connectivity index (χ3n) is 4.84. The minimum Gasteiger partial charge on any atom is -0.310 e. The van der Waals surface area contributed by atoms with E-state index in [-0.39, 0.29) is 5.56 Å². The summed E-state index contributed by atoms with van der Waals surface area (Å²) < 4.78 is 4.51. The van der Waals surface area contributed by atoms with Crippen LogP contribution in [-0.4, -0.2) is 25.2 Å². The van der Waals surface area contributed by atoms with Crippen LogP contribution in [-0.2, 0) is 13.6 Å². The summed E-state index contributed by atoms with van der Waals surface area (Å²) in [6.45, 7) is 6.77. The summed E-state index contributed by atoms with van der Waals surface area (Å²) >= 11 is 5.97. The van der Waals surface area contributed by atoms with Gasteiger partial charge in [-0.3, -0.25) is 13.9 Å². The van der Waals surface area contributed by atoms with E-state index in [4.69, 9.17) is 11.6 Å². The molecule has 3 heterocycles. The van der Waals surface area contributed by atoms with Gasteiger partial charge in [-0.1, -0.05) is 17.7 Å². The van der Waals surface area contributed by atoms with Gasteiger partial charge >= 0.3 is 5.69 Å². The molecule has 2 aromatic heterocycles. The van der Waals surface area contributed by atoms with Crippen molar-refractivity contribution in [1.29, 1.82) is 0 Å². The van der Waals surface area contributed by atoms with E-state index < -0.39 is 11.7 Å². The highest BCUT2D eigenvalue weighted by Gasteiger charge is 2.29. The van der Waals surface area contributed by atoms with Crippen LogP contribution in [0.15, 0.2) is 46.5 Å². The van der Waals surface area contributed by atoms with E-state index in [1.165, 1.54) is 9.13 Å². The van der Waals surface area contributed by atoms with Crippen LogP contribution in [0, 0.1) is 0 Å². The molecule has 0 spiro atoms. The molecular weight excluding hydrogens is 354 g/mol. The van der Waals surface area contributed by atoms with Gasteiger partial charge < -0.3 is 9.47 Å². The molecule has 0 saturated carbocycles. The normalized spacial score (nSPS) is 14.7. The van der Waals surface area contributed by atoms with E-state index in [9.17, 15) is 9.59 Å². The van der Waals surface area contributed by atoms with Gasteiger partial charge in [0.2, 0.25) is 5.95 Å². The van der Waals surface area contributed by atoms with E-state index in [0.717, 1.165) is 5.69 Å². The molecule has 1 unspecified atom stereocenters. The molecule has 1 aliphatic rings. The van der Waals surface area contributed by atoms with Crippen LogP contribution >= 0.6 is 11.6 Å². The molecule has 0 bridgehead atoms.